The molecule has 0 radical (unpaired) electrons. The van der Waals surface area contributed by atoms with Crippen molar-refractivity contribution in [2.45, 2.75) is 45.2 Å². The maximum atomic E-state index is 13.3. The van der Waals surface area contributed by atoms with E-state index < -0.39 is 6.43 Å². The number of aromatic nitrogens is 2. The van der Waals surface area contributed by atoms with Crippen LogP contribution in [0.4, 0.5) is 8.78 Å². The number of nitrogens with one attached hydrogen (secondary N) is 1. The van der Waals surface area contributed by atoms with Crippen molar-refractivity contribution in [3.63, 3.8) is 0 Å². The number of amides is 2. The predicted octanol–water partition coefficient (Wildman–Crippen LogP) is 3.04. The molecule has 1 saturated heterocycles. The summed E-state index contributed by atoms with van der Waals surface area (Å²) in [6.45, 7) is 2.22. The van der Waals surface area contributed by atoms with E-state index in [0.29, 0.717) is 43.8 Å². The van der Waals surface area contributed by atoms with Crippen LogP contribution in [0, 0.1) is 12.8 Å². The Labute approximate surface area is 191 Å². The van der Waals surface area contributed by atoms with Gasteiger partial charge >= 0.3 is 0 Å². The molecule has 0 unspecified atom stereocenters. The van der Waals surface area contributed by atoms with Crippen LogP contribution in [0.5, 0.6) is 5.75 Å². The summed E-state index contributed by atoms with van der Waals surface area (Å²) >= 11 is 0. The second-order valence-electron chi connectivity index (χ2n) is 8.54. The number of benzene rings is 1. The summed E-state index contributed by atoms with van der Waals surface area (Å²) in [5, 5.41) is 7.10. The molecule has 1 aromatic heterocycles. The first-order chi connectivity index (χ1) is 15.9. The van der Waals surface area contributed by atoms with Gasteiger partial charge in [-0.05, 0) is 43.9 Å². The number of hydrogen-bond donors (Lipinski definition) is 1. The fraction of sp³-hybridized carbons (Fsp3) is 0.458. The average Bonchev–Trinajstić information content (AvgIpc) is 3.16. The summed E-state index contributed by atoms with van der Waals surface area (Å²) in [4.78, 5) is 27.1. The monoisotopic (exact) mass is 458 g/mol. The van der Waals surface area contributed by atoms with Gasteiger partial charge < -0.3 is 15.0 Å². The average molecular weight is 459 g/mol. The van der Waals surface area contributed by atoms with Gasteiger partial charge in [-0.15, -0.1) is 0 Å². The number of allylic oxidation sites excluding steroid dienone is 2. The van der Waals surface area contributed by atoms with Gasteiger partial charge in [0.1, 0.15) is 18.0 Å². The van der Waals surface area contributed by atoms with E-state index in [1.807, 2.05) is 24.3 Å². The van der Waals surface area contributed by atoms with Gasteiger partial charge in [0.15, 0.2) is 6.61 Å². The Bertz CT molecular complexity index is 1040. The Morgan fingerprint density at radius 1 is 1.30 bits per heavy atom. The number of hydrogen-bond acceptors (Lipinski definition) is 4. The minimum absolute atomic E-state index is 0.0199. The van der Waals surface area contributed by atoms with Gasteiger partial charge in [-0.2, -0.15) is 5.10 Å². The summed E-state index contributed by atoms with van der Waals surface area (Å²) in [6.07, 6.45) is 3.43. The maximum Gasteiger partial charge on any atom is 0.280 e. The van der Waals surface area contributed by atoms with Gasteiger partial charge in [-0.3, -0.25) is 14.3 Å². The summed E-state index contributed by atoms with van der Waals surface area (Å²) < 4.78 is 33.3. The van der Waals surface area contributed by atoms with E-state index in [1.165, 1.54) is 6.07 Å². The number of nitrogens with zero attached hydrogens (tertiary/aromatic N) is 3. The molecule has 0 aliphatic carbocycles. The molecule has 176 valence electrons. The number of fused-ring (bicyclic) bond motifs is 2. The van der Waals surface area contributed by atoms with Crippen LogP contribution in [-0.4, -0.2) is 52.2 Å². The first kappa shape index (κ1) is 22.9. The van der Waals surface area contributed by atoms with Crippen LogP contribution in [0.2, 0.25) is 0 Å². The van der Waals surface area contributed by atoms with Crippen LogP contribution in [-0.2, 0) is 22.6 Å². The van der Waals surface area contributed by atoms with Crippen LogP contribution in [0.15, 0.2) is 42.5 Å². The minimum atomic E-state index is -2.69. The molecule has 0 saturated carbocycles. The molecular formula is C24H28F2N4O3. The van der Waals surface area contributed by atoms with E-state index in [-0.39, 0.29) is 42.6 Å². The van der Waals surface area contributed by atoms with Gasteiger partial charge in [-0.1, -0.05) is 30.4 Å². The van der Waals surface area contributed by atoms with Crippen LogP contribution in [0.3, 0.4) is 0 Å². The van der Waals surface area contributed by atoms with Gasteiger partial charge in [0, 0.05) is 25.0 Å². The number of carbonyl (C=O) groups excluding carboxylic acids is 2. The third-order valence-corrected chi connectivity index (χ3v) is 6.15. The molecule has 1 N–H and O–H groups in total. The molecule has 9 heteroatoms. The predicted molar refractivity (Wildman–Crippen MR) is 118 cm³/mol. The van der Waals surface area contributed by atoms with Crippen molar-refractivity contribution in [3.05, 3.63) is 59.4 Å². The first-order valence-corrected chi connectivity index (χ1v) is 11.2. The molecule has 7 nitrogen and oxygen atoms in total. The molecule has 2 aliphatic rings. The number of ether oxygens (including phenoxy) is 1. The highest BCUT2D eigenvalue weighted by Gasteiger charge is 2.32. The summed E-state index contributed by atoms with van der Waals surface area (Å²) in [5.74, 6) is 0.271. The Balaban J connectivity index is 1.45. The largest absolute Gasteiger partial charge is 0.483 e. The molecule has 2 amide bonds. The number of alkyl halides is 2. The number of likely N-dealkylation sites (tertiary alicyclic amines) is 1. The molecule has 3 heterocycles. The van der Waals surface area contributed by atoms with Gasteiger partial charge in [-0.25, -0.2) is 8.78 Å². The Morgan fingerprint density at radius 2 is 2.12 bits per heavy atom. The lowest BCUT2D eigenvalue weighted by molar-refractivity contribution is -0.134. The van der Waals surface area contributed by atoms with Crippen molar-refractivity contribution in [3.8, 4) is 5.75 Å². The Kier molecular flexibility index (Phi) is 7.05. The molecule has 33 heavy (non-hydrogen) atoms. The highest BCUT2D eigenvalue weighted by molar-refractivity contribution is 5.78. The SMILES string of the molecule is Cc1cc(C(F)F)n(CC(=O)N2CC[C@H]3NC(=O)COc4ccccc4C/C=C/C[C@H]3C2)n1. The molecule has 1 aromatic carbocycles. The van der Waals surface area contributed by atoms with E-state index in [4.69, 9.17) is 4.74 Å². The summed E-state index contributed by atoms with van der Waals surface area (Å²) in [6, 6.07) is 8.85. The number of rotatable bonds is 3. The standard InChI is InChI=1S/C24H28F2N4O3/c1-16-12-20(24(25)26)30(28-16)14-23(32)29-11-10-19-18(13-29)8-3-2-6-17-7-4-5-9-21(17)33-15-22(31)27-19/h2-5,7,9,12,18-19,24H,6,8,10-11,13-15H2,1H3,(H,27,31)/b3-2+/t18-,19+/m0/s1. The van der Waals surface area contributed by atoms with Crippen LogP contribution >= 0.6 is 0 Å². The zero-order chi connectivity index (χ0) is 23.4. The molecule has 2 atom stereocenters. The fourth-order valence-electron chi connectivity index (χ4n) is 4.47. The van der Waals surface area contributed by atoms with Crippen LogP contribution in [0.1, 0.15) is 36.2 Å². The summed E-state index contributed by atoms with van der Waals surface area (Å²) in [5.41, 5.74) is 1.20. The molecule has 2 aliphatic heterocycles. The van der Waals surface area contributed by atoms with E-state index in [9.17, 15) is 18.4 Å². The van der Waals surface area contributed by atoms with E-state index in [0.717, 1.165) is 10.2 Å². The maximum absolute atomic E-state index is 13.3. The molecule has 2 aromatic rings. The molecule has 0 bridgehead atoms. The lowest BCUT2D eigenvalue weighted by atomic mass is 9.88. The first-order valence-electron chi connectivity index (χ1n) is 11.2. The molecule has 1 fully saturated rings. The fourth-order valence-corrected chi connectivity index (χ4v) is 4.47. The lowest BCUT2D eigenvalue weighted by Crippen LogP contribution is -2.53. The van der Waals surface area contributed by atoms with Crippen molar-refractivity contribution >= 4 is 11.8 Å². The third-order valence-electron chi connectivity index (χ3n) is 6.15. The van der Waals surface area contributed by atoms with Gasteiger partial charge in [0.25, 0.3) is 12.3 Å². The highest BCUT2D eigenvalue weighted by atomic mass is 19.3. The molecule has 4 rings (SSSR count). The normalized spacial score (nSPS) is 22.3. The van der Waals surface area contributed by atoms with Crippen molar-refractivity contribution < 1.29 is 23.1 Å². The minimum Gasteiger partial charge on any atom is -0.483 e. The highest BCUT2D eigenvalue weighted by Crippen LogP contribution is 2.25. The van der Waals surface area contributed by atoms with Crippen molar-refractivity contribution in [1.29, 1.82) is 0 Å². The number of halogens is 2. The Morgan fingerprint density at radius 3 is 2.94 bits per heavy atom. The van der Waals surface area contributed by atoms with Gasteiger partial charge in [0.2, 0.25) is 5.91 Å². The van der Waals surface area contributed by atoms with Crippen LogP contribution < -0.4 is 10.1 Å². The van der Waals surface area contributed by atoms with Gasteiger partial charge in [0.05, 0.1) is 5.69 Å². The number of aryl methyl sites for hydroxylation is 1. The second kappa shape index (κ2) is 10.1. The smallest absolute Gasteiger partial charge is 0.280 e. The van der Waals surface area contributed by atoms with Crippen molar-refractivity contribution in [2.24, 2.45) is 5.92 Å². The Hall–Kier alpha value is -3.23. The number of piperidine rings is 1. The zero-order valence-corrected chi connectivity index (χ0v) is 18.5. The summed E-state index contributed by atoms with van der Waals surface area (Å²) in [7, 11) is 0. The van der Waals surface area contributed by atoms with E-state index >= 15 is 0 Å². The molecule has 0 spiro atoms. The molecular weight excluding hydrogens is 430 g/mol. The van der Waals surface area contributed by atoms with E-state index in [2.05, 4.69) is 22.6 Å². The number of para-hydroxylation sites is 1. The van der Waals surface area contributed by atoms with E-state index in [1.54, 1.807) is 11.8 Å². The van der Waals surface area contributed by atoms with Crippen LogP contribution in [0.25, 0.3) is 0 Å². The number of carbonyl (C=O) groups is 2. The lowest BCUT2D eigenvalue weighted by Gasteiger charge is -2.39. The topological polar surface area (TPSA) is 76.5 Å². The van der Waals surface area contributed by atoms with Crippen molar-refractivity contribution in [2.75, 3.05) is 19.7 Å². The second-order valence-corrected chi connectivity index (χ2v) is 8.54. The quantitative estimate of drug-likeness (QED) is 0.718. The third kappa shape index (κ3) is 5.58. The zero-order valence-electron chi connectivity index (χ0n) is 18.5. The van der Waals surface area contributed by atoms with Crippen molar-refractivity contribution in [1.82, 2.24) is 20.0 Å².